The van der Waals surface area contributed by atoms with Gasteiger partial charge in [-0.3, -0.25) is 14.5 Å². The maximum absolute atomic E-state index is 12.6. The minimum Gasteiger partial charge on any atom is -0.416 e. The molecule has 1 N–H and O–H groups in total. The number of imide groups is 1. The Morgan fingerprint density at radius 2 is 2.06 bits per heavy atom. The first-order chi connectivity index (χ1) is 15.0. The zero-order chi connectivity index (χ0) is 22.2. The Bertz CT molecular complexity index is 989. The topological polar surface area (TPSA) is 118 Å². The maximum atomic E-state index is 12.6. The molecule has 2 aromatic rings. The van der Waals surface area contributed by atoms with Gasteiger partial charge < -0.3 is 9.73 Å². The van der Waals surface area contributed by atoms with Gasteiger partial charge in [-0.2, -0.15) is 0 Å². The van der Waals surface area contributed by atoms with Crippen LogP contribution in [0.25, 0.3) is 0 Å². The number of aromatic nitrogens is 2. The summed E-state index contributed by atoms with van der Waals surface area (Å²) in [6, 6.07) is 9.30. The molecule has 10 heteroatoms. The monoisotopic (exact) mass is 441 g/mol. The summed E-state index contributed by atoms with van der Waals surface area (Å²) in [5, 5.41) is 11.0. The molecule has 1 aliphatic rings. The van der Waals surface area contributed by atoms with E-state index in [1.54, 1.807) is 6.92 Å². The van der Waals surface area contributed by atoms with Crippen molar-refractivity contribution in [1.29, 1.82) is 0 Å². The van der Waals surface area contributed by atoms with E-state index in [0.29, 0.717) is 12.3 Å². The molecule has 9 nitrogen and oxygen atoms in total. The molecule has 0 spiro atoms. The summed E-state index contributed by atoms with van der Waals surface area (Å²) in [5.41, 5.74) is 1.56. The summed E-state index contributed by atoms with van der Waals surface area (Å²) in [6.45, 7) is 5.81. The van der Waals surface area contributed by atoms with Crippen molar-refractivity contribution in [2.24, 2.45) is 10.9 Å². The quantitative estimate of drug-likeness (QED) is 0.444. The van der Waals surface area contributed by atoms with E-state index < -0.39 is 11.9 Å². The van der Waals surface area contributed by atoms with Gasteiger partial charge in [0.2, 0.25) is 17.7 Å². The van der Waals surface area contributed by atoms with Crippen molar-refractivity contribution in [3.63, 3.8) is 0 Å². The van der Waals surface area contributed by atoms with Crippen LogP contribution in [0.5, 0.6) is 0 Å². The van der Waals surface area contributed by atoms with Gasteiger partial charge in [0, 0.05) is 25.2 Å². The second-order valence-electron chi connectivity index (χ2n) is 6.87. The first kappa shape index (κ1) is 22.4. The molecule has 1 aromatic heterocycles. The Labute approximate surface area is 184 Å². The number of carbonyl (C=O) groups excluding carboxylic acids is 3. The fourth-order valence-corrected chi connectivity index (χ4v) is 3.62. The maximum Gasteiger partial charge on any atom is 0.350 e. The molecule has 2 heterocycles. The van der Waals surface area contributed by atoms with E-state index in [0.717, 1.165) is 28.6 Å². The van der Waals surface area contributed by atoms with Crippen molar-refractivity contribution in [2.45, 2.75) is 25.0 Å². The van der Waals surface area contributed by atoms with Gasteiger partial charge in [-0.05, 0) is 18.9 Å². The lowest BCUT2D eigenvalue weighted by atomic mass is 9.97. The van der Waals surface area contributed by atoms with Crippen LogP contribution < -0.4 is 5.32 Å². The van der Waals surface area contributed by atoms with E-state index in [9.17, 15) is 14.4 Å². The van der Waals surface area contributed by atoms with Gasteiger partial charge in [0.05, 0.1) is 11.7 Å². The largest absolute Gasteiger partial charge is 0.416 e. The molecule has 162 valence electrons. The SMILES string of the molecule is C=CCN1C(=O)N=C(C)C(Cc2nnc(SCC(=O)NCCc3ccccc3)o2)C1=O. The lowest BCUT2D eigenvalue weighted by molar-refractivity contribution is -0.130. The Morgan fingerprint density at radius 3 is 2.81 bits per heavy atom. The predicted octanol–water partition coefficient (Wildman–Crippen LogP) is 2.29. The van der Waals surface area contributed by atoms with E-state index in [1.165, 1.54) is 6.08 Å². The minimum atomic E-state index is -0.655. The number of rotatable bonds is 10. The Hall–Kier alpha value is -3.27. The third-order valence-electron chi connectivity index (χ3n) is 4.62. The van der Waals surface area contributed by atoms with E-state index in [-0.39, 0.29) is 41.6 Å². The predicted molar refractivity (Wildman–Crippen MR) is 116 cm³/mol. The summed E-state index contributed by atoms with van der Waals surface area (Å²) >= 11 is 1.12. The van der Waals surface area contributed by atoms with Crippen molar-refractivity contribution in [3.8, 4) is 0 Å². The number of hydrogen-bond donors (Lipinski definition) is 1. The lowest BCUT2D eigenvalue weighted by Gasteiger charge is -2.27. The highest BCUT2D eigenvalue weighted by atomic mass is 32.2. The van der Waals surface area contributed by atoms with Crippen molar-refractivity contribution in [1.82, 2.24) is 20.4 Å². The molecule has 0 saturated carbocycles. The second kappa shape index (κ2) is 10.7. The molecule has 4 amide bonds. The lowest BCUT2D eigenvalue weighted by Crippen LogP contribution is -2.46. The van der Waals surface area contributed by atoms with Gasteiger partial charge in [-0.25, -0.2) is 9.79 Å². The van der Waals surface area contributed by atoms with Crippen LogP contribution >= 0.6 is 11.8 Å². The van der Waals surface area contributed by atoms with Gasteiger partial charge >= 0.3 is 6.03 Å². The average molecular weight is 442 g/mol. The standard InChI is InChI=1S/C21H23N5O4S/c1-3-11-26-19(28)16(14(2)23-20(26)29)12-18-24-25-21(30-18)31-13-17(27)22-10-9-15-7-5-4-6-8-15/h3-8,16H,1,9-13H2,2H3,(H,22,27). The smallest absolute Gasteiger partial charge is 0.350 e. The van der Waals surface area contributed by atoms with E-state index in [2.05, 4.69) is 27.1 Å². The number of carbonyl (C=O) groups is 3. The summed E-state index contributed by atoms with van der Waals surface area (Å²) in [7, 11) is 0. The van der Waals surface area contributed by atoms with Crippen molar-refractivity contribution in [2.75, 3.05) is 18.8 Å². The summed E-state index contributed by atoms with van der Waals surface area (Å²) in [6.07, 6.45) is 2.35. The number of amides is 4. The average Bonchev–Trinajstić information content (AvgIpc) is 3.21. The van der Waals surface area contributed by atoms with Crippen molar-refractivity contribution >= 4 is 35.3 Å². The molecule has 3 rings (SSSR count). The molecule has 1 atom stereocenters. The van der Waals surface area contributed by atoms with Gasteiger partial charge in [0.1, 0.15) is 0 Å². The molecule has 1 aromatic carbocycles. The fraction of sp³-hybridized carbons (Fsp3) is 0.333. The van der Waals surface area contributed by atoms with Gasteiger partial charge in [-0.15, -0.1) is 16.8 Å². The number of aliphatic imine (C=N–C) groups is 1. The summed E-state index contributed by atoms with van der Waals surface area (Å²) < 4.78 is 5.56. The molecule has 0 saturated heterocycles. The van der Waals surface area contributed by atoms with Gasteiger partial charge in [0.25, 0.3) is 5.22 Å². The van der Waals surface area contributed by atoms with Crippen LogP contribution in [0.1, 0.15) is 18.4 Å². The van der Waals surface area contributed by atoms with Crippen LogP contribution in [-0.4, -0.2) is 57.5 Å². The first-order valence-corrected chi connectivity index (χ1v) is 10.7. The van der Waals surface area contributed by atoms with Crippen LogP contribution in [0.4, 0.5) is 4.79 Å². The number of nitrogens with zero attached hydrogens (tertiary/aromatic N) is 4. The zero-order valence-electron chi connectivity index (χ0n) is 17.1. The Balaban J connectivity index is 1.48. The van der Waals surface area contributed by atoms with Crippen LogP contribution in [0.2, 0.25) is 0 Å². The number of thioether (sulfide) groups is 1. The molecular formula is C21H23N5O4S. The third-order valence-corrected chi connectivity index (χ3v) is 5.43. The molecule has 0 radical (unpaired) electrons. The van der Waals surface area contributed by atoms with Crippen molar-refractivity contribution in [3.05, 3.63) is 54.4 Å². The molecule has 0 fully saturated rings. The van der Waals surface area contributed by atoms with E-state index >= 15 is 0 Å². The second-order valence-corrected chi connectivity index (χ2v) is 7.79. The highest BCUT2D eigenvalue weighted by Crippen LogP contribution is 2.21. The van der Waals surface area contributed by atoms with E-state index in [1.807, 2.05) is 30.3 Å². The molecular weight excluding hydrogens is 418 g/mol. The Morgan fingerprint density at radius 1 is 1.29 bits per heavy atom. The Kier molecular flexibility index (Phi) is 7.71. The van der Waals surface area contributed by atoms with Gasteiger partial charge in [-0.1, -0.05) is 48.2 Å². The van der Waals surface area contributed by atoms with Crippen LogP contribution in [-0.2, 0) is 22.4 Å². The number of nitrogens with one attached hydrogen (secondary N) is 1. The molecule has 0 aliphatic carbocycles. The minimum absolute atomic E-state index is 0.0925. The van der Waals surface area contributed by atoms with Crippen molar-refractivity contribution < 1.29 is 18.8 Å². The third kappa shape index (κ3) is 6.11. The van der Waals surface area contributed by atoms with Crippen LogP contribution in [0.3, 0.4) is 0 Å². The van der Waals surface area contributed by atoms with E-state index in [4.69, 9.17) is 4.42 Å². The molecule has 1 unspecified atom stereocenters. The number of hydrogen-bond acceptors (Lipinski definition) is 7. The van der Waals surface area contributed by atoms with Crippen LogP contribution in [0, 0.1) is 5.92 Å². The highest BCUT2D eigenvalue weighted by Gasteiger charge is 2.36. The summed E-state index contributed by atoms with van der Waals surface area (Å²) in [5.74, 6) is -0.779. The molecule has 1 aliphatic heterocycles. The molecule has 31 heavy (non-hydrogen) atoms. The van der Waals surface area contributed by atoms with Gasteiger partial charge in [0.15, 0.2) is 0 Å². The number of benzene rings is 1. The first-order valence-electron chi connectivity index (χ1n) is 9.75. The molecule has 0 bridgehead atoms. The summed E-state index contributed by atoms with van der Waals surface area (Å²) in [4.78, 5) is 41.5. The highest BCUT2D eigenvalue weighted by molar-refractivity contribution is 7.99. The fourth-order valence-electron chi connectivity index (χ4n) is 3.01. The normalized spacial score (nSPS) is 16.2. The number of urea groups is 1. The van der Waals surface area contributed by atoms with Crippen LogP contribution in [0.15, 0.2) is 57.6 Å². The zero-order valence-corrected chi connectivity index (χ0v) is 17.9.